The molecule has 17 heavy (non-hydrogen) atoms. The molecule has 0 radical (unpaired) electrons. The summed E-state index contributed by atoms with van der Waals surface area (Å²) in [6, 6.07) is 2.51. The van der Waals surface area contributed by atoms with Gasteiger partial charge in [0.25, 0.3) is 0 Å². The van der Waals surface area contributed by atoms with Gasteiger partial charge in [-0.3, -0.25) is 0 Å². The van der Waals surface area contributed by atoms with Crippen molar-refractivity contribution < 1.29 is 18.6 Å². The van der Waals surface area contributed by atoms with Crippen molar-refractivity contribution in [3.63, 3.8) is 0 Å². The lowest BCUT2D eigenvalue weighted by Gasteiger charge is -2.26. The van der Waals surface area contributed by atoms with E-state index in [-0.39, 0.29) is 12.0 Å². The minimum Gasteiger partial charge on any atom is -0.388 e. The van der Waals surface area contributed by atoms with E-state index in [9.17, 15) is 13.9 Å². The molecule has 0 aliphatic heterocycles. The molecule has 0 heterocycles. The summed E-state index contributed by atoms with van der Waals surface area (Å²) in [4.78, 5) is 0. The van der Waals surface area contributed by atoms with Crippen LogP contribution in [0.5, 0.6) is 0 Å². The molecular formula is C13H18F2O2. The van der Waals surface area contributed by atoms with Gasteiger partial charge in [0.2, 0.25) is 0 Å². The van der Waals surface area contributed by atoms with Crippen molar-refractivity contribution in [1.29, 1.82) is 0 Å². The number of hydrogen-bond acceptors (Lipinski definition) is 2. The highest BCUT2D eigenvalue weighted by Gasteiger charge is 2.27. The van der Waals surface area contributed by atoms with Crippen LogP contribution in [0, 0.1) is 18.6 Å². The van der Waals surface area contributed by atoms with E-state index in [1.165, 1.54) is 20.1 Å². The van der Waals surface area contributed by atoms with Gasteiger partial charge in [-0.1, -0.05) is 6.07 Å². The maximum Gasteiger partial charge on any atom is 0.134 e. The monoisotopic (exact) mass is 244 g/mol. The molecule has 1 aromatic carbocycles. The second-order valence-corrected chi connectivity index (χ2v) is 4.78. The second-order valence-electron chi connectivity index (χ2n) is 4.78. The van der Waals surface area contributed by atoms with Gasteiger partial charge in [-0.15, -0.1) is 0 Å². The molecule has 1 rings (SSSR count). The van der Waals surface area contributed by atoms with Crippen molar-refractivity contribution in [3.8, 4) is 0 Å². The lowest BCUT2D eigenvalue weighted by atomic mass is 9.94. The first-order valence-electron chi connectivity index (χ1n) is 5.46. The van der Waals surface area contributed by atoms with Crippen LogP contribution in [0.15, 0.2) is 12.1 Å². The molecule has 0 aromatic heterocycles. The molecule has 1 N–H and O–H groups in total. The number of benzene rings is 1. The summed E-state index contributed by atoms with van der Waals surface area (Å²) in [7, 11) is 1.50. The van der Waals surface area contributed by atoms with Gasteiger partial charge >= 0.3 is 0 Å². The molecule has 4 heteroatoms. The Labute approximate surface area is 100 Å². The quantitative estimate of drug-likeness (QED) is 0.881. The van der Waals surface area contributed by atoms with Crippen molar-refractivity contribution in [3.05, 3.63) is 34.9 Å². The predicted molar refractivity (Wildman–Crippen MR) is 61.8 cm³/mol. The Morgan fingerprint density at radius 2 is 1.94 bits per heavy atom. The fraction of sp³-hybridized carbons (Fsp3) is 0.538. The number of aliphatic hydroxyl groups excluding tert-OH is 1. The summed E-state index contributed by atoms with van der Waals surface area (Å²) in [5.41, 5.74) is -0.604. The van der Waals surface area contributed by atoms with E-state index in [2.05, 4.69) is 0 Å². The average molecular weight is 244 g/mol. The van der Waals surface area contributed by atoms with Gasteiger partial charge < -0.3 is 9.84 Å². The number of hydrogen-bond donors (Lipinski definition) is 1. The Hall–Kier alpha value is -1.00. The molecule has 1 atom stereocenters. The number of rotatable bonds is 4. The van der Waals surface area contributed by atoms with E-state index in [1.807, 2.05) is 0 Å². The van der Waals surface area contributed by atoms with Crippen molar-refractivity contribution in [2.24, 2.45) is 0 Å². The van der Waals surface area contributed by atoms with Gasteiger partial charge in [-0.2, -0.15) is 0 Å². The third kappa shape index (κ3) is 3.23. The average Bonchev–Trinajstić information content (AvgIpc) is 2.23. The predicted octanol–water partition coefficient (Wildman–Crippen LogP) is 3.12. The van der Waals surface area contributed by atoms with Crippen molar-refractivity contribution >= 4 is 0 Å². The molecular weight excluding hydrogens is 226 g/mol. The SMILES string of the molecule is COC(C)(C)CC(O)c1c(F)ccc(C)c1F. The maximum absolute atomic E-state index is 13.8. The summed E-state index contributed by atoms with van der Waals surface area (Å²) in [5, 5.41) is 9.91. The topological polar surface area (TPSA) is 29.5 Å². The van der Waals surface area contributed by atoms with E-state index in [1.54, 1.807) is 13.8 Å². The Kier molecular flexibility index (Phi) is 4.22. The highest BCUT2D eigenvalue weighted by molar-refractivity contribution is 5.28. The minimum absolute atomic E-state index is 0.126. The zero-order chi connectivity index (χ0) is 13.2. The lowest BCUT2D eigenvalue weighted by Crippen LogP contribution is -2.26. The fourth-order valence-electron chi connectivity index (χ4n) is 1.63. The van der Waals surface area contributed by atoms with Gasteiger partial charge in [-0.05, 0) is 32.4 Å². The van der Waals surface area contributed by atoms with Gasteiger partial charge in [0, 0.05) is 13.5 Å². The molecule has 0 amide bonds. The molecule has 1 unspecified atom stereocenters. The molecule has 0 aliphatic carbocycles. The van der Waals surface area contributed by atoms with Crippen LogP contribution in [0.3, 0.4) is 0 Å². The Morgan fingerprint density at radius 3 is 2.47 bits per heavy atom. The number of ether oxygens (including phenoxy) is 1. The third-order valence-electron chi connectivity index (χ3n) is 2.89. The van der Waals surface area contributed by atoms with Crippen LogP contribution in [-0.2, 0) is 4.74 Å². The van der Waals surface area contributed by atoms with Crippen molar-refractivity contribution in [2.45, 2.75) is 38.9 Å². The van der Waals surface area contributed by atoms with Crippen LogP contribution < -0.4 is 0 Å². The zero-order valence-electron chi connectivity index (χ0n) is 10.6. The lowest BCUT2D eigenvalue weighted by molar-refractivity contribution is -0.0215. The number of methoxy groups -OCH3 is 1. The standard InChI is InChI=1S/C13H18F2O2/c1-8-5-6-9(14)11(12(8)15)10(16)7-13(2,3)17-4/h5-6,10,16H,7H2,1-4H3. The Balaban J connectivity index is 3.04. The van der Waals surface area contributed by atoms with Gasteiger partial charge in [0.1, 0.15) is 11.6 Å². The Morgan fingerprint density at radius 1 is 1.35 bits per heavy atom. The summed E-state index contributed by atoms with van der Waals surface area (Å²) in [5.74, 6) is -1.42. The molecule has 0 fully saturated rings. The normalized spacial score (nSPS) is 13.8. The third-order valence-corrected chi connectivity index (χ3v) is 2.89. The summed E-state index contributed by atoms with van der Waals surface area (Å²) in [6.07, 6.45) is -1.09. The summed E-state index contributed by atoms with van der Waals surface area (Å²) < 4.78 is 32.4. The van der Waals surface area contributed by atoms with E-state index in [4.69, 9.17) is 4.74 Å². The van der Waals surface area contributed by atoms with E-state index in [0.29, 0.717) is 5.56 Å². The van der Waals surface area contributed by atoms with Crippen LogP contribution in [0.2, 0.25) is 0 Å². The van der Waals surface area contributed by atoms with Crippen LogP contribution in [-0.4, -0.2) is 17.8 Å². The van der Waals surface area contributed by atoms with E-state index >= 15 is 0 Å². The largest absolute Gasteiger partial charge is 0.388 e. The molecule has 1 aromatic rings. The van der Waals surface area contributed by atoms with Crippen LogP contribution in [0.1, 0.15) is 37.5 Å². The first-order valence-corrected chi connectivity index (χ1v) is 5.46. The van der Waals surface area contributed by atoms with E-state index < -0.39 is 23.3 Å². The first kappa shape index (κ1) is 14.1. The molecule has 0 saturated heterocycles. The number of halogens is 2. The molecule has 0 aliphatic rings. The molecule has 0 bridgehead atoms. The second kappa shape index (κ2) is 5.10. The zero-order valence-corrected chi connectivity index (χ0v) is 10.6. The van der Waals surface area contributed by atoms with E-state index in [0.717, 1.165) is 6.07 Å². The smallest absolute Gasteiger partial charge is 0.134 e. The highest BCUT2D eigenvalue weighted by Crippen LogP contribution is 2.30. The van der Waals surface area contributed by atoms with Crippen molar-refractivity contribution in [1.82, 2.24) is 0 Å². The van der Waals surface area contributed by atoms with Crippen molar-refractivity contribution in [2.75, 3.05) is 7.11 Å². The number of aliphatic hydroxyl groups is 1. The maximum atomic E-state index is 13.8. The highest BCUT2D eigenvalue weighted by atomic mass is 19.1. The fourth-order valence-corrected chi connectivity index (χ4v) is 1.63. The Bertz CT molecular complexity index is 403. The minimum atomic E-state index is -1.22. The molecule has 96 valence electrons. The van der Waals surface area contributed by atoms with Crippen LogP contribution in [0.25, 0.3) is 0 Å². The number of aryl methyl sites for hydroxylation is 1. The summed E-state index contributed by atoms with van der Waals surface area (Å²) in [6.45, 7) is 5.04. The van der Waals surface area contributed by atoms with Gasteiger partial charge in [0.05, 0.1) is 17.3 Å². The molecule has 2 nitrogen and oxygen atoms in total. The summed E-state index contributed by atoms with van der Waals surface area (Å²) >= 11 is 0. The molecule has 0 spiro atoms. The van der Waals surface area contributed by atoms with Crippen LogP contribution in [0.4, 0.5) is 8.78 Å². The van der Waals surface area contributed by atoms with Crippen LogP contribution >= 0.6 is 0 Å². The van der Waals surface area contributed by atoms with Gasteiger partial charge in [-0.25, -0.2) is 8.78 Å². The van der Waals surface area contributed by atoms with Gasteiger partial charge in [0.15, 0.2) is 0 Å². The first-order chi connectivity index (χ1) is 7.78. The molecule has 0 saturated carbocycles.